The number of rotatable bonds is 2. The average molecular weight is 294 g/mol. The maximum atomic E-state index is 11.6. The summed E-state index contributed by atoms with van der Waals surface area (Å²) < 4.78 is 12.3. The van der Waals surface area contributed by atoms with Crippen molar-refractivity contribution in [1.29, 1.82) is 0 Å². The van der Waals surface area contributed by atoms with Gasteiger partial charge in [-0.15, -0.1) is 0 Å². The van der Waals surface area contributed by atoms with Crippen molar-refractivity contribution in [3.63, 3.8) is 0 Å². The topological polar surface area (TPSA) is 26.3 Å². The van der Waals surface area contributed by atoms with Crippen molar-refractivity contribution >= 4 is 28.6 Å². The molecule has 0 radical (unpaired) electrons. The summed E-state index contributed by atoms with van der Waals surface area (Å²) in [5.41, 5.74) is 1.27. The Balaban J connectivity index is 3.11. The first-order valence-electron chi connectivity index (χ1n) is 3.80. The van der Waals surface area contributed by atoms with Gasteiger partial charge in [0.25, 0.3) is 0 Å². The van der Waals surface area contributed by atoms with Gasteiger partial charge in [0.05, 0.1) is 5.56 Å². The van der Waals surface area contributed by atoms with Gasteiger partial charge in [0.15, 0.2) is 0 Å². The minimum absolute atomic E-state index is 0.280. The molecule has 0 atom stereocenters. The number of halogens is 2. The van der Waals surface area contributed by atoms with Gasteiger partial charge in [0, 0.05) is 8.10 Å². The van der Waals surface area contributed by atoms with Crippen LogP contribution in [0.4, 0.5) is 4.53 Å². The molecule has 0 N–H and O–H groups in total. The Bertz CT molecular complexity index is 325. The number of aryl methyl sites for hydroxylation is 1. The minimum Gasteiger partial charge on any atom is -0.249 e. The molecule has 0 amide bonds. The molecule has 0 aliphatic rings. The van der Waals surface area contributed by atoms with Crippen LogP contribution in [0.3, 0.4) is 0 Å². The summed E-state index contributed by atoms with van der Waals surface area (Å²) in [7, 11) is 0. The third kappa shape index (κ3) is 2.40. The van der Waals surface area contributed by atoms with Gasteiger partial charge in [-0.25, -0.2) is 9.74 Å². The number of hydrogen-bond donors (Lipinski definition) is 0. The van der Waals surface area contributed by atoms with Crippen LogP contribution in [0, 0.1) is 3.57 Å². The highest BCUT2D eigenvalue weighted by atomic mass is 127. The second-order valence-corrected chi connectivity index (χ2v) is 3.69. The van der Waals surface area contributed by atoms with E-state index in [1.165, 1.54) is 0 Å². The van der Waals surface area contributed by atoms with Gasteiger partial charge in [0.2, 0.25) is 0 Å². The summed E-state index contributed by atoms with van der Waals surface area (Å²) in [6.07, 6.45) is 0.809. The van der Waals surface area contributed by atoms with Crippen LogP contribution >= 0.6 is 22.6 Å². The zero-order valence-corrected chi connectivity index (χ0v) is 9.17. The summed E-state index contributed by atoms with van der Waals surface area (Å²) >= 11 is 1.96. The van der Waals surface area contributed by atoms with Crippen LogP contribution < -0.4 is 0 Å². The monoisotopic (exact) mass is 294 g/mol. The lowest BCUT2D eigenvalue weighted by Crippen LogP contribution is -2.02. The molecule has 0 aromatic heterocycles. The third-order valence-corrected chi connectivity index (χ3v) is 2.67. The first kappa shape index (κ1) is 10.4. The zero-order valence-electron chi connectivity index (χ0n) is 7.01. The van der Waals surface area contributed by atoms with Crippen LogP contribution in [0.1, 0.15) is 22.8 Å². The number of carbonyl (C=O) groups is 1. The molecule has 0 aliphatic carbocycles. The third-order valence-electron chi connectivity index (χ3n) is 1.73. The molecular weight excluding hydrogens is 286 g/mol. The Hall–Kier alpha value is -0.650. The van der Waals surface area contributed by atoms with Crippen molar-refractivity contribution in [2.24, 2.45) is 0 Å². The van der Waals surface area contributed by atoms with Crippen molar-refractivity contribution in [3.05, 3.63) is 32.9 Å². The van der Waals surface area contributed by atoms with Gasteiger partial charge in [-0.2, -0.15) is 0 Å². The van der Waals surface area contributed by atoms with E-state index < -0.39 is 5.97 Å². The van der Waals surface area contributed by atoms with Crippen molar-refractivity contribution in [1.82, 2.24) is 0 Å². The highest BCUT2D eigenvalue weighted by Crippen LogP contribution is 2.16. The number of benzene rings is 1. The molecule has 1 aromatic carbocycles. The van der Waals surface area contributed by atoms with E-state index in [0.29, 0.717) is 3.57 Å². The Kier molecular flexibility index (Phi) is 3.65. The van der Waals surface area contributed by atoms with E-state index in [-0.39, 0.29) is 5.56 Å². The van der Waals surface area contributed by atoms with Crippen molar-refractivity contribution in [3.8, 4) is 0 Å². The second kappa shape index (κ2) is 4.55. The predicted molar refractivity (Wildman–Crippen MR) is 55.1 cm³/mol. The molecule has 0 unspecified atom stereocenters. The fourth-order valence-electron chi connectivity index (χ4n) is 0.990. The van der Waals surface area contributed by atoms with E-state index in [9.17, 15) is 9.32 Å². The van der Waals surface area contributed by atoms with Gasteiger partial charge in [-0.3, -0.25) is 0 Å². The van der Waals surface area contributed by atoms with E-state index >= 15 is 0 Å². The first-order chi connectivity index (χ1) is 6.19. The fourth-order valence-corrected chi connectivity index (χ4v) is 1.55. The van der Waals surface area contributed by atoms with E-state index in [0.717, 1.165) is 12.0 Å². The SMILES string of the molecule is CCc1ccc(I)c(C(=O)OF)c1. The molecule has 0 fully saturated rings. The highest BCUT2D eigenvalue weighted by molar-refractivity contribution is 14.1. The molecule has 0 saturated carbocycles. The van der Waals surface area contributed by atoms with Gasteiger partial charge < -0.3 is 0 Å². The van der Waals surface area contributed by atoms with E-state index in [2.05, 4.69) is 4.94 Å². The molecular formula is C9H8FIO2. The van der Waals surface area contributed by atoms with E-state index in [4.69, 9.17) is 0 Å². The minimum atomic E-state index is -0.931. The zero-order chi connectivity index (χ0) is 9.84. The van der Waals surface area contributed by atoms with Crippen LogP contribution in [0.2, 0.25) is 0 Å². The molecule has 4 heteroatoms. The average Bonchev–Trinajstić information content (AvgIpc) is 2.17. The summed E-state index contributed by atoms with van der Waals surface area (Å²) in [6, 6.07) is 5.31. The number of hydrogen-bond acceptors (Lipinski definition) is 2. The van der Waals surface area contributed by atoms with Gasteiger partial charge >= 0.3 is 5.97 Å². The molecule has 1 aromatic rings. The summed E-state index contributed by atoms with van der Waals surface area (Å²) in [5, 5.41) is 0. The predicted octanol–water partition coefficient (Wildman–Crippen LogP) is 2.89. The van der Waals surface area contributed by atoms with Crippen molar-refractivity contribution in [2.75, 3.05) is 0 Å². The quantitative estimate of drug-likeness (QED) is 0.784. The van der Waals surface area contributed by atoms with Gasteiger partial charge in [-0.1, -0.05) is 13.0 Å². The molecule has 2 nitrogen and oxygen atoms in total. The normalized spacial score (nSPS) is 9.77. The molecule has 0 heterocycles. The van der Waals surface area contributed by atoms with Crippen LogP contribution in [-0.2, 0) is 11.4 Å². The van der Waals surface area contributed by atoms with Crippen LogP contribution in [0.5, 0.6) is 0 Å². The molecule has 1 rings (SSSR count). The summed E-state index contributed by atoms with van der Waals surface area (Å²) in [6.45, 7) is 1.97. The van der Waals surface area contributed by atoms with Crippen LogP contribution in [0.25, 0.3) is 0 Å². The molecule has 70 valence electrons. The lowest BCUT2D eigenvalue weighted by molar-refractivity contribution is -0.0789. The Morgan fingerprint density at radius 2 is 2.31 bits per heavy atom. The van der Waals surface area contributed by atoms with Gasteiger partial charge in [-0.05, 0) is 46.7 Å². The largest absolute Gasteiger partial charge is 0.380 e. The molecule has 0 saturated heterocycles. The maximum absolute atomic E-state index is 11.6. The van der Waals surface area contributed by atoms with Crippen molar-refractivity contribution < 1.29 is 14.3 Å². The maximum Gasteiger partial charge on any atom is 0.380 e. The van der Waals surface area contributed by atoms with Crippen LogP contribution in [0.15, 0.2) is 18.2 Å². The second-order valence-electron chi connectivity index (χ2n) is 2.53. The first-order valence-corrected chi connectivity index (χ1v) is 4.88. The number of carbonyl (C=O) groups excluding carboxylic acids is 1. The molecule has 0 bridgehead atoms. The van der Waals surface area contributed by atoms with Crippen LogP contribution in [-0.4, -0.2) is 5.97 Å². The van der Waals surface area contributed by atoms with Gasteiger partial charge in [0.1, 0.15) is 0 Å². The van der Waals surface area contributed by atoms with Crippen molar-refractivity contribution in [2.45, 2.75) is 13.3 Å². The molecule has 13 heavy (non-hydrogen) atoms. The fraction of sp³-hybridized carbons (Fsp3) is 0.222. The summed E-state index contributed by atoms with van der Waals surface area (Å²) in [5.74, 6) is -0.931. The lowest BCUT2D eigenvalue weighted by atomic mass is 10.1. The lowest BCUT2D eigenvalue weighted by Gasteiger charge is -2.02. The Morgan fingerprint density at radius 3 is 2.85 bits per heavy atom. The Labute approximate surface area is 89.1 Å². The van der Waals surface area contributed by atoms with E-state index in [1.54, 1.807) is 12.1 Å². The van der Waals surface area contributed by atoms with E-state index in [1.807, 2.05) is 35.6 Å². The molecule has 0 spiro atoms. The Morgan fingerprint density at radius 1 is 1.62 bits per heavy atom. The smallest absolute Gasteiger partial charge is 0.249 e. The highest BCUT2D eigenvalue weighted by Gasteiger charge is 2.12. The standard InChI is InChI=1S/C9H8FIO2/c1-2-6-3-4-8(11)7(5-6)9(12)13-10/h3-5H,2H2,1H3. The molecule has 0 aliphatic heterocycles. The summed E-state index contributed by atoms with van der Waals surface area (Å²) in [4.78, 5) is 14.1.